The summed E-state index contributed by atoms with van der Waals surface area (Å²) in [7, 11) is 0. The molecule has 3 rings (SSSR count). The van der Waals surface area contributed by atoms with Crippen LogP contribution in [0.25, 0.3) is 10.9 Å². The summed E-state index contributed by atoms with van der Waals surface area (Å²) in [6.07, 6.45) is 6.88. The first kappa shape index (κ1) is 15.2. The van der Waals surface area contributed by atoms with Gasteiger partial charge in [-0.1, -0.05) is 37.3 Å². The van der Waals surface area contributed by atoms with Crippen LogP contribution in [0.3, 0.4) is 0 Å². The van der Waals surface area contributed by atoms with Crippen LogP contribution in [0.4, 0.5) is 0 Å². The highest BCUT2D eigenvalue weighted by atomic mass is 127. The van der Waals surface area contributed by atoms with E-state index in [0.29, 0.717) is 17.9 Å². The molecule has 1 aromatic carbocycles. The number of rotatable bonds is 2. The standard InChI is InChI=1S/C18H16INO2/c1-2-3-4-5-6-8-13-11-20-12-16(19)14-9-7-10-15(17(14)20)18(21)22-13/h7-10,12H,2-4,11H2,1H3/b13-8+. The normalized spacial score (nSPS) is 15.4. The zero-order chi connectivity index (χ0) is 15.5. The van der Waals surface area contributed by atoms with Gasteiger partial charge in [-0.05, 0) is 35.1 Å². The highest BCUT2D eigenvalue weighted by molar-refractivity contribution is 14.1. The average molecular weight is 405 g/mol. The van der Waals surface area contributed by atoms with E-state index >= 15 is 0 Å². The molecule has 0 unspecified atom stereocenters. The maximum absolute atomic E-state index is 12.3. The molecule has 0 fully saturated rings. The second-order valence-electron chi connectivity index (χ2n) is 5.23. The Labute approximate surface area is 143 Å². The van der Waals surface area contributed by atoms with Crippen molar-refractivity contribution >= 4 is 39.5 Å². The van der Waals surface area contributed by atoms with E-state index in [0.717, 1.165) is 33.7 Å². The number of aromatic nitrogens is 1. The summed E-state index contributed by atoms with van der Waals surface area (Å²) in [4.78, 5) is 12.3. The van der Waals surface area contributed by atoms with Crippen LogP contribution < -0.4 is 0 Å². The maximum atomic E-state index is 12.3. The average Bonchev–Trinajstić information content (AvgIpc) is 2.75. The number of allylic oxidation sites excluding steroid dienone is 2. The van der Waals surface area contributed by atoms with Crippen molar-refractivity contribution in [2.75, 3.05) is 0 Å². The topological polar surface area (TPSA) is 31.2 Å². The second kappa shape index (κ2) is 6.57. The maximum Gasteiger partial charge on any atom is 0.345 e. The Morgan fingerprint density at radius 3 is 3.14 bits per heavy atom. The van der Waals surface area contributed by atoms with Gasteiger partial charge in [0, 0.05) is 27.7 Å². The number of hydrogen-bond acceptors (Lipinski definition) is 2. The molecule has 22 heavy (non-hydrogen) atoms. The van der Waals surface area contributed by atoms with Gasteiger partial charge in [-0.25, -0.2) is 4.79 Å². The van der Waals surface area contributed by atoms with Crippen LogP contribution in [0, 0.1) is 15.4 Å². The number of carbonyl (C=O) groups excluding carboxylic acids is 1. The van der Waals surface area contributed by atoms with E-state index in [1.165, 1.54) is 0 Å². The van der Waals surface area contributed by atoms with E-state index < -0.39 is 0 Å². The highest BCUT2D eigenvalue weighted by Crippen LogP contribution is 2.30. The van der Waals surface area contributed by atoms with Crippen molar-refractivity contribution < 1.29 is 9.53 Å². The molecule has 0 saturated carbocycles. The van der Waals surface area contributed by atoms with Gasteiger partial charge in [0.25, 0.3) is 0 Å². The zero-order valence-electron chi connectivity index (χ0n) is 12.4. The van der Waals surface area contributed by atoms with Gasteiger partial charge in [-0.15, -0.1) is 0 Å². The number of halogens is 1. The van der Waals surface area contributed by atoms with Crippen molar-refractivity contribution in [3.8, 4) is 11.8 Å². The molecule has 0 saturated heterocycles. The van der Waals surface area contributed by atoms with Gasteiger partial charge in [0.2, 0.25) is 0 Å². The fourth-order valence-corrected chi connectivity index (χ4v) is 3.30. The lowest BCUT2D eigenvalue weighted by atomic mass is 10.1. The van der Waals surface area contributed by atoms with Gasteiger partial charge in [0.05, 0.1) is 17.6 Å². The first-order valence-electron chi connectivity index (χ1n) is 7.37. The predicted octanol–water partition coefficient (Wildman–Crippen LogP) is 4.49. The molecule has 3 nitrogen and oxygen atoms in total. The van der Waals surface area contributed by atoms with Crippen LogP contribution in [0.1, 0.15) is 36.5 Å². The van der Waals surface area contributed by atoms with Crippen molar-refractivity contribution in [2.45, 2.75) is 32.7 Å². The van der Waals surface area contributed by atoms with Crippen LogP contribution in [0.5, 0.6) is 0 Å². The van der Waals surface area contributed by atoms with Gasteiger partial charge in [-0.2, -0.15) is 0 Å². The van der Waals surface area contributed by atoms with Gasteiger partial charge in [0.15, 0.2) is 0 Å². The van der Waals surface area contributed by atoms with Crippen LogP contribution >= 0.6 is 22.6 Å². The molecule has 1 aliphatic heterocycles. The van der Waals surface area contributed by atoms with E-state index in [9.17, 15) is 4.79 Å². The van der Waals surface area contributed by atoms with Crippen LogP contribution in [-0.4, -0.2) is 10.5 Å². The molecular formula is C18H16INO2. The molecule has 0 atom stereocenters. The van der Waals surface area contributed by atoms with Crippen LogP contribution in [0.15, 0.2) is 36.2 Å². The number of para-hydroxylation sites is 1. The number of unbranched alkanes of at least 4 members (excludes halogenated alkanes) is 2. The third kappa shape index (κ3) is 2.91. The number of cyclic esters (lactones) is 1. The lowest BCUT2D eigenvalue weighted by molar-refractivity contribution is 0.0620. The number of carbonyl (C=O) groups is 1. The molecule has 0 radical (unpaired) electrons. The number of ether oxygens (including phenoxy) is 1. The quantitative estimate of drug-likeness (QED) is 0.319. The third-order valence-electron chi connectivity index (χ3n) is 3.61. The van der Waals surface area contributed by atoms with Gasteiger partial charge >= 0.3 is 5.97 Å². The van der Waals surface area contributed by atoms with Crippen molar-refractivity contribution in [2.24, 2.45) is 0 Å². The number of hydrogen-bond donors (Lipinski definition) is 0. The molecule has 1 aromatic heterocycles. The Kier molecular flexibility index (Phi) is 4.53. The largest absolute Gasteiger partial charge is 0.425 e. The molecular weight excluding hydrogens is 389 g/mol. The molecule has 2 aromatic rings. The minimum Gasteiger partial charge on any atom is -0.425 e. The number of esters is 1. The van der Waals surface area contributed by atoms with E-state index in [-0.39, 0.29) is 5.97 Å². The summed E-state index contributed by atoms with van der Waals surface area (Å²) in [5.41, 5.74) is 1.56. The summed E-state index contributed by atoms with van der Waals surface area (Å²) in [6.45, 7) is 2.67. The lowest BCUT2D eigenvalue weighted by Crippen LogP contribution is -2.04. The Balaban J connectivity index is 1.96. The Morgan fingerprint density at radius 1 is 1.45 bits per heavy atom. The van der Waals surface area contributed by atoms with Crippen molar-refractivity contribution in [3.05, 3.63) is 45.4 Å². The summed E-state index contributed by atoms with van der Waals surface area (Å²) in [5, 5.41) is 1.09. The molecule has 4 heteroatoms. The Morgan fingerprint density at radius 2 is 2.32 bits per heavy atom. The van der Waals surface area contributed by atoms with Gasteiger partial charge in [-0.3, -0.25) is 0 Å². The molecule has 0 aliphatic carbocycles. The van der Waals surface area contributed by atoms with E-state index in [2.05, 4.69) is 52.1 Å². The molecule has 0 N–H and O–H groups in total. The van der Waals surface area contributed by atoms with Crippen molar-refractivity contribution in [3.63, 3.8) is 0 Å². The minimum atomic E-state index is -0.305. The van der Waals surface area contributed by atoms with Crippen molar-refractivity contribution in [1.29, 1.82) is 0 Å². The fourth-order valence-electron chi connectivity index (χ4n) is 2.52. The first-order valence-corrected chi connectivity index (χ1v) is 8.45. The lowest BCUT2D eigenvalue weighted by Gasteiger charge is -2.03. The van der Waals surface area contributed by atoms with Crippen LogP contribution in [0.2, 0.25) is 0 Å². The monoisotopic (exact) mass is 405 g/mol. The molecule has 2 heterocycles. The van der Waals surface area contributed by atoms with Gasteiger partial charge in [0.1, 0.15) is 5.76 Å². The van der Waals surface area contributed by atoms with Crippen molar-refractivity contribution in [1.82, 2.24) is 4.57 Å². The molecule has 112 valence electrons. The molecule has 0 spiro atoms. The number of nitrogens with zero attached hydrogens (tertiary/aromatic N) is 1. The molecule has 1 aliphatic rings. The summed E-state index contributed by atoms with van der Waals surface area (Å²) in [6, 6.07) is 5.74. The van der Waals surface area contributed by atoms with E-state index in [4.69, 9.17) is 4.74 Å². The second-order valence-corrected chi connectivity index (χ2v) is 6.39. The Bertz CT molecular complexity index is 821. The molecule has 0 amide bonds. The zero-order valence-corrected chi connectivity index (χ0v) is 14.5. The summed E-state index contributed by atoms with van der Waals surface area (Å²) < 4.78 is 8.69. The number of benzene rings is 1. The smallest absolute Gasteiger partial charge is 0.345 e. The molecule has 0 bridgehead atoms. The van der Waals surface area contributed by atoms with E-state index in [1.54, 1.807) is 6.08 Å². The third-order valence-corrected chi connectivity index (χ3v) is 4.47. The fraction of sp³-hybridized carbons (Fsp3) is 0.278. The highest BCUT2D eigenvalue weighted by Gasteiger charge is 2.22. The Hall–Kier alpha value is -1.74. The summed E-state index contributed by atoms with van der Waals surface area (Å²) >= 11 is 2.30. The van der Waals surface area contributed by atoms with Gasteiger partial charge < -0.3 is 9.30 Å². The minimum absolute atomic E-state index is 0.305. The predicted molar refractivity (Wildman–Crippen MR) is 95.5 cm³/mol. The summed E-state index contributed by atoms with van der Waals surface area (Å²) in [5.74, 6) is 6.38. The first-order chi connectivity index (χ1) is 10.7. The van der Waals surface area contributed by atoms with Crippen LogP contribution in [-0.2, 0) is 11.3 Å². The van der Waals surface area contributed by atoms with E-state index in [1.807, 2.05) is 18.2 Å². The SMILES string of the molecule is CCCCC#C/C=C1\Cn2cc(I)c3cccc(c32)C(=O)O1.